The van der Waals surface area contributed by atoms with Gasteiger partial charge in [-0.25, -0.2) is 15.0 Å². The van der Waals surface area contributed by atoms with Crippen LogP contribution in [-0.4, -0.2) is 46.6 Å². The van der Waals surface area contributed by atoms with Crippen molar-refractivity contribution in [2.45, 2.75) is 26.5 Å². The number of anilines is 1. The van der Waals surface area contributed by atoms with Crippen LogP contribution in [0, 0.1) is 13.8 Å². The molecule has 22 heavy (non-hydrogen) atoms. The Balaban J connectivity index is 1.71. The van der Waals surface area contributed by atoms with Gasteiger partial charge in [-0.15, -0.1) is 0 Å². The Kier molecular flexibility index (Phi) is 4.35. The van der Waals surface area contributed by atoms with Crippen LogP contribution in [0.5, 0.6) is 0 Å². The number of nitrogens with zero attached hydrogens (tertiary/aromatic N) is 4. The summed E-state index contributed by atoms with van der Waals surface area (Å²) in [6.45, 7) is 6.86. The monoisotopic (exact) mass is 303 g/mol. The number of oxazole rings is 1. The Hall–Kier alpha value is -1.99. The molecule has 0 radical (unpaired) electrons. The smallest absolute Gasteiger partial charge is 0.191 e. The van der Waals surface area contributed by atoms with Crippen molar-refractivity contribution in [3.8, 4) is 0 Å². The second-order valence-electron chi connectivity index (χ2n) is 5.43. The second-order valence-corrected chi connectivity index (χ2v) is 5.43. The van der Waals surface area contributed by atoms with Crippen LogP contribution in [-0.2, 0) is 11.3 Å². The third kappa shape index (κ3) is 3.42. The fourth-order valence-corrected chi connectivity index (χ4v) is 2.62. The summed E-state index contributed by atoms with van der Waals surface area (Å²) < 4.78 is 11.2. The molecule has 1 fully saturated rings. The van der Waals surface area contributed by atoms with Gasteiger partial charge in [-0.2, -0.15) is 0 Å². The van der Waals surface area contributed by atoms with E-state index in [1.54, 1.807) is 6.26 Å². The molecule has 1 atom stereocenters. The van der Waals surface area contributed by atoms with E-state index < -0.39 is 0 Å². The zero-order chi connectivity index (χ0) is 15.5. The molecule has 2 aromatic heterocycles. The third-order valence-corrected chi connectivity index (χ3v) is 3.65. The lowest BCUT2D eigenvalue weighted by Gasteiger charge is -2.32. The predicted molar refractivity (Wildman–Crippen MR) is 81.5 cm³/mol. The van der Waals surface area contributed by atoms with Crippen molar-refractivity contribution in [3.05, 3.63) is 35.4 Å². The van der Waals surface area contributed by atoms with Crippen LogP contribution in [0.15, 0.2) is 16.7 Å². The van der Waals surface area contributed by atoms with Crippen LogP contribution in [0.4, 0.5) is 5.82 Å². The number of ether oxygens (including phenoxy) is 1. The first kappa shape index (κ1) is 14.9. The lowest BCUT2D eigenvalue weighted by Crippen LogP contribution is -2.38. The van der Waals surface area contributed by atoms with Crippen LogP contribution >= 0.6 is 0 Å². The Morgan fingerprint density at radius 2 is 2.18 bits per heavy atom. The van der Waals surface area contributed by atoms with Gasteiger partial charge < -0.3 is 14.5 Å². The van der Waals surface area contributed by atoms with Crippen LogP contribution in [0.25, 0.3) is 0 Å². The highest BCUT2D eigenvalue weighted by Crippen LogP contribution is 2.23. The zero-order valence-electron chi connectivity index (χ0n) is 13.2. The molecule has 0 aromatic carbocycles. The SMILES string of the molecule is CNc1cc(C2CN(Cc3coc(C)n3)CCO2)nc(C)n1. The molecule has 2 aromatic rings. The minimum Gasteiger partial charge on any atom is -0.449 e. The Morgan fingerprint density at radius 3 is 2.91 bits per heavy atom. The van der Waals surface area contributed by atoms with Crippen LogP contribution in [0.3, 0.4) is 0 Å². The minimum atomic E-state index is -0.0458. The Morgan fingerprint density at radius 1 is 1.32 bits per heavy atom. The lowest BCUT2D eigenvalue weighted by molar-refractivity contribution is -0.0354. The first-order valence-corrected chi connectivity index (χ1v) is 7.42. The highest BCUT2D eigenvalue weighted by atomic mass is 16.5. The number of aromatic nitrogens is 3. The molecule has 0 amide bonds. The molecule has 1 aliphatic rings. The molecule has 1 unspecified atom stereocenters. The number of aryl methyl sites for hydroxylation is 2. The van der Waals surface area contributed by atoms with Crippen molar-refractivity contribution in [1.82, 2.24) is 19.9 Å². The van der Waals surface area contributed by atoms with E-state index in [9.17, 15) is 0 Å². The molecule has 1 aliphatic heterocycles. The second kappa shape index (κ2) is 6.41. The van der Waals surface area contributed by atoms with Gasteiger partial charge >= 0.3 is 0 Å². The standard InChI is InChI=1S/C15H21N5O2/c1-10-17-13(6-15(16-3)18-10)14-8-20(4-5-21-14)7-12-9-22-11(2)19-12/h6,9,14H,4-5,7-8H2,1-3H3,(H,16,17,18). The van der Waals surface area contributed by atoms with Crippen molar-refractivity contribution < 1.29 is 9.15 Å². The summed E-state index contributed by atoms with van der Waals surface area (Å²) in [7, 11) is 1.85. The van der Waals surface area contributed by atoms with Crippen molar-refractivity contribution in [2.75, 3.05) is 32.1 Å². The highest BCUT2D eigenvalue weighted by Gasteiger charge is 2.24. The quantitative estimate of drug-likeness (QED) is 0.921. The van der Waals surface area contributed by atoms with E-state index in [1.165, 1.54) is 0 Å². The van der Waals surface area contributed by atoms with Gasteiger partial charge in [0.1, 0.15) is 24.0 Å². The van der Waals surface area contributed by atoms with Crippen molar-refractivity contribution in [1.29, 1.82) is 0 Å². The van der Waals surface area contributed by atoms with Crippen molar-refractivity contribution in [3.63, 3.8) is 0 Å². The van der Waals surface area contributed by atoms with Crippen LogP contribution in [0.1, 0.15) is 29.2 Å². The predicted octanol–water partition coefficient (Wildman–Crippen LogP) is 1.70. The molecule has 7 heteroatoms. The van der Waals surface area contributed by atoms with E-state index >= 15 is 0 Å². The average Bonchev–Trinajstić information content (AvgIpc) is 2.92. The molecule has 7 nitrogen and oxygen atoms in total. The molecular formula is C15H21N5O2. The van der Waals surface area contributed by atoms with E-state index in [0.29, 0.717) is 12.5 Å². The van der Waals surface area contributed by atoms with Crippen molar-refractivity contribution in [2.24, 2.45) is 0 Å². The summed E-state index contributed by atoms with van der Waals surface area (Å²) in [4.78, 5) is 15.5. The topological polar surface area (TPSA) is 76.3 Å². The molecule has 3 rings (SSSR count). The van der Waals surface area contributed by atoms with Gasteiger partial charge in [-0.3, -0.25) is 4.90 Å². The Labute approximate surface area is 129 Å². The number of hydrogen-bond acceptors (Lipinski definition) is 7. The summed E-state index contributed by atoms with van der Waals surface area (Å²) in [5.41, 5.74) is 1.87. The van der Waals surface area contributed by atoms with Crippen LogP contribution < -0.4 is 5.32 Å². The van der Waals surface area contributed by atoms with Gasteiger partial charge in [0, 0.05) is 39.7 Å². The van der Waals surface area contributed by atoms with Crippen LogP contribution in [0.2, 0.25) is 0 Å². The summed E-state index contributed by atoms with van der Waals surface area (Å²) in [5.74, 6) is 2.26. The number of nitrogens with one attached hydrogen (secondary N) is 1. The molecule has 1 N–H and O–H groups in total. The zero-order valence-corrected chi connectivity index (χ0v) is 13.2. The van der Waals surface area contributed by atoms with Gasteiger partial charge in [-0.1, -0.05) is 0 Å². The number of rotatable bonds is 4. The largest absolute Gasteiger partial charge is 0.449 e. The molecule has 0 saturated carbocycles. The van der Waals surface area contributed by atoms with Gasteiger partial charge in [-0.05, 0) is 6.92 Å². The van der Waals surface area contributed by atoms with E-state index in [4.69, 9.17) is 9.15 Å². The fourth-order valence-electron chi connectivity index (χ4n) is 2.62. The molecule has 3 heterocycles. The van der Waals surface area contributed by atoms with E-state index in [2.05, 4.69) is 25.2 Å². The fraction of sp³-hybridized carbons (Fsp3) is 0.533. The summed E-state index contributed by atoms with van der Waals surface area (Å²) in [6.07, 6.45) is 1.67. The average molecular weight is 303 g/mol. The highest BCUT2D eigenvalue weighted by molar-refractivity contribution is 5.35. The summed E-state index contributed by atoms with van der Waals surface area (Å²) >= 11 is 0. The molecule has 0 aliphatic carbocycles. The maximum Gasteiger partial charge on any atom is 0.191 e. The van der Waals surface area contributed by atoms with Gasteiger partial charge in [0.25, 0.3) is 0 Å². The maximum absolute atomic E-state index is 5.89. The van der Waals surface area contributed by atoms with Gasteiger partial charge in [0.2, 0.25) is 0 Å². The third-order valence-electron chi connectivity index (χ3n) is 3.65. The molecule has 0 bridgehead atoms. The molecular weight excluding hydrogens is 282 g/mol. The summed E-state index contributed by atoms with van der Waals surface area (Å²) in [6, 6.07) is 1.95. The first-order valence-electron chi connectivity index (χ1n) is 7.42. The minimum absolute atomic E-state index is 0.0458. The van der Waals surface area contributed by atoms with E-state index in [-0.39, 0.29) is 6.10 Å². The lowest BCUT2D eigenvalue weighted by atomic mass is 10.2. The summed E-state index contributed by atoms with van der Waals surface area (Å²) in [5, 5.41) is 3.06. The number of hydrogen-bond donors (Lipinski definition) is 1. The van der Waals surface area contributed by atoms with E-state index in [1.807, 2.05) is 27.0 Å². The molecule has 1 saturated heterocycles. The first-order chi connectivity index (χ1) is 10.6. The van der Waals surface area contributed by atoms with Gasteiger partial charge in [0.15, 0.2) is 5.89 Å². The maximum atomic E-state index is 5.89. The Bertz CT molecular complexity index is 643. The van der Waals surface area contributed by atoms with Gasteiger partial charge in [0.05, 0.1) is 18.0 Å². The normalized spacial score (nSPS) is 19.3. The number of morpholine rings is 1. The molecule has 0 spiro atoms. The van der Waals surface area contributed by atoms with Crippen molar-refractivity contribution >= 4 is 5.82 Å². The van der Waals surface area contributed by atoms with E-state index in [0.717, 1.165) is 42.7 Å². The molecule has 118 valence electrons.